The van der Waals surface area contributed by atoms with Crippen LogP contribution in [0, 0.1) is 10.1 Å². The molecule has 0 saturated carbocycles. The fourth-order valence-corrected chi connectivity index (χ4v) is 2.68. The first-order valence-corrected chi connectivity index (χ1v) is 6.02. The zero-order chi connectivity index (χ0) is 12.6. The number of H-pyrrole nitrogens is 1. The zero-order valence-corrected chi connectivity index (χ0v) is 10.6. The highest BCUT2D eigenvalue weighted by Crippen LogP contribution is 2.38. The summed E-state index contributed by atoms with van der Waals surface area (Å²) >= 11 is 1.93. The van der Waals surface area contributed by atoms with Gasteiger partial charge in [0.2, 0.25) is 0 Å². The molecule has 0 aromatic carbocycles. The number of alkyl halides is 2. The summed E-state index contributed by atoms with van der Waals surface area (Å²) in [5.74, 6) is -0.398. The highest BCUT2D eigenvalue weighted by Gasteiger charge is 2.44. The fourth-order valence-electron chi connectivity index (χ4n) is 1.66. The Labute approximate surface area is 109 Å². The summed E-state index contributed by atoms with van der Waals surface area (Å²) in [6, 6.07) is 0. The zero-order valence-electron chi connectivity index (χ0n) is 8.42. The smallest absolute Gasteiger partial charge is 0.390 e. The van der Waals surface area contributed by atoms with E-state index in [1.807, 2.05) is 22.6 Å². The lowest BCUT2D eigenvalue weighted by Gasteiger charge is -2.09. The number of nitrogens with zero attached hydrogens (tertiary/aromatic N) is 2. The van der Waals surface area contributed by atoms with Crippen LogP contribution in [0.4, 0.5) is 10.3 Å². The molecule has 1 aliphatic heterocycles. The number of hydrogen-bond donors (Lipinski definition) is 2. The minimum absolute atomic E-state index is 0.367. The molecule has 1 aromatic heterocycles. The molecular weight excluding hydrogens is 348 g/mol. The van der Waals surface area contributed by atoms with E-state index >= 15 is 0 Å². The van der Waals surface area contributed by atoms with E-state index in [2.05, 4.69) is 9.97 Å². The minimum Gasteiger partial charge on any atom is -0.390 e. The third-order valence-electron chi connectivity index (χ3n) is 2.53. The van der Waals surface area contributed by atoms with Gasteiger partial charge in [0.15, 0.2) is 0 Å². The Balaban J connectivity index is 2.19. The van der Waals surface area contributed by atoms with Gasteiger partial charge in [-0.15, -0.1) is 0 Å². The molecule has 0 amide bonds. The SMILES string of the molecule is O=[N+]([O-])c1ncc([C@@H]2O[C@H](CF)[C@@H](O)[C@H]2I)[nH]1. The van der Waals surface area contributed by atoms with E-state index in [1.54, 1.807) is 0 Å². The average molecular weight is 357 g/mol. The van der Waals surface area contributed by atoms with Gasteiger partial charge in [-0.05, 0) is 4.92 Å². The van der Waals surface area contributed by atoms with Gasteiger partial charge in [0.25, 0.3) is 0 Å². The first-order valence-electron chi connectivity index (χ1n) is 4.77. The molecule has 0 unspecified atom stereocenters. The number of aromatic nitrogens is 2. The molecule has 1 aromatic rings. The Morgan fingerprint density at radius 3 is 2.94 bits per heavy atom. The topological polar surface area (TPSA) is 101 Å². The number of ether oxygens (including phenoxy) is 1. The number of aromatic amines is 1. The lowest BCUT2D eigenvalue weighted by Crippen LogP contribution is -2.28. The quantitative estimate of drug-likeness (QED) is 0.362. The van der Waals surface area contributed by atoms with Crippen LogP contribution in [0.25, 0.3) is 0 Å². The van der Waals surface area contributed by atoms with Gasteiger partial charge in [-0.3, -0.25) is 0 Å². The van der Waals surface area contributed by atoms with Crippen molar-refractivity contribution in [1.29, 1.82) is 0 Å². The summed E-state index contributed by atoms with van der Waals surface area (Å²) in [6.07, 6.45) is -1.19. The lowest BCUT2D eigenvalue weighted by molar-refractivity contribution is -0.393. The van der Waals surface area contributed by atoms with E-state index in [9.17, 15) is 19.6 Å². The van der Waals surface area contributed by atoms with E-state index in [4.69, 9.17) is 4.74 Å². The molecule has 17 heavy (non-hydrogen) atoms. The van der Waals surface area contributed by atoms with Crippen LogP contribution in [0.2, 0.25) is 0 Å². The molecule has 7 nitrogen and oxygen atoms in total. The highest BCUT2D eigenvalue weighted by atomic mass is 127. The van der Waals surface area contributed by atoms with Crippen molar-refractivity contribution in [3.05, 3.63) is 22.0 Å². The Morgan fingerprint density at radius 1 is 1.76 bits per heavy atom. The van der Waals surface area contributed by atoms with Crippen LogP contribution in [0.3, 0.4) is 0 Å². The molecular formula is C8H9FIN3O4. The molecule has 94 valence electrons. The summed E-state index contributed by atoms with van der Waals surface area (Å²) in [5, 5.41) is 20.1. The maximum Gasteiger partial charge on any atom is 0.432 e. The van der Waals surface area contributed by atoms with Gasteiger partial charge >= 0.3 is 5.95 Å². The van der Waals surface area contributed by atoms with Crippen molar-refractivity contribution in [2.24, 2.45) is 0 Å². The second-order valence-corrected chi connectivity index (χ2v) is 5.04. The third kappa shape index (κ3) is 2.26. The molecule has 2 heterocycles. The van der Waals surface area contributed by atoms with Crippen molar-refractivity contribution in [3.63, 3.8) is 0 Å². The van der Waals surface area contributed by atoms with Gasteiger partial charge in [0.1, 0.15) is 30.8 Å². The van der Waals surface area contributed by atoms with E-state index in [-0.39, 0.29) is 3.92 Å². The fraction of sp³-hybridized carbons (Fsp3) is 0.625. The van der Waals surface area contributed by atoms with Gasteiger partial charge in [-0.1, -0.05) is 27.6 Å². The van der Waals surface area contributed by atoms with E-state index < -0.39 is 35.9 Å². The summed E-state index contributed by atoms with van der Waals surface area (Å²) in [7, 11) is 0. The van der Waals surface area contributed by atoms with Gasteiger partial charge in [-0.25, -0.2) is 9.37 Å². The first-order chi connectivity index (χ1) is 8.04. The molecule has 0 aliphatic carbocycles. The minimum atomic E-state index is -0.937. The molecule has 0 spiro atoms. The molecule has 2 rings (SSSR count). The van der Waals surface area contributed by atoms with Crippen molar-refractivity contribution in [2.75, 3.05) is 6.67 Å². The predicted molar refractivity (Wildman–Crippen MR) is 62.6 cm³/mol. The van der Waals surface area contributed by atoms with Crippen molar-refractivity contribution in [3.8, 4) is 0 Å². The summed E-state index contributed by atoms with van der Waals surface area (Å²) < 4.78 is 17.4. The largest absolute Gasteiger partial charge is 0.432 e. The number of imidazole rings is 1. The van der Waals surface area contributed by atoms with Crippen molar-refractivity contribution >= 4 is 28.5 Å². The summed E-state index contributed by atoms with van der Waals surface area (Å²) in [4.78, 5) is 15.8. The van der Waals surface area contributed by atoms with Crippen LogP contribution < -0.4 is 0 Å². The molecule has 0 radical (unpaired) electrons. The molecule has 9 heteroatoms. The third-order valence-corrected chi connectivity index (χ3v) is 3.92. The van der Waals surface area contributed by atoms with Crippen LogP contribution >= 0.6 is 22.6 Å². The van der Waals surface area contributed by atoms with Crippen LogP contribution in [0.15, 0.2) is 6.20 Å². The number of aliphatic hydroxyl groups excluding tert-OH is 1. The van der Waals surface area contributed by atoms with Crippen molar-refractivity contribution in [1.82, 2.24) is 9.97 Å². The van der Waals surface area contributed by atoms with Crippen LogP contribution in [0.1, 0.15) is 11.8 Å². The Morgan fingerprint density at radius 2 is 2.47 bits per heavy atom. The number of rotatable bonds is 3. The van der Waals surface area contributed by atoms with Crippen molar-refractivity contribution in [2.45, 2.75) is 22.2 Å². The van der Waals surface area contributed by atoms with Gasteiger partial charge in [0, 0.05) is 0 Å². The van der Waals surface area contributed by atoms with Gasteiger partial charge in [-0.2, -0.15) is 0 Å². The lowest BCUT2D eigenvalue weighted by atomic mass is 10.1. The number of nitro groups is 1. The molecule has 1 saturated heterocycles. The second kappa shape index (κ2) is 4.82. The normalized spacial score (nSPS) is 32.9. The van der Waals surface area contributed by atoms with Crippen LogP contribution in [0.5, 0.6) is 0 Å². The van der Waals surface area contributed by atoms with Crippen LogP contribution in [-0.4, -0.2) is 42.8 Å². The van der Waals surface area contributed by atoms with E-state index in [0.29, 0.717) is 5.69 Å². The molecule has 0 bridgehead atoms. The maximum atomic E-state index is 12.5. The van der Waals surface area contributed by atoms with E-state index in [1.165, 1.54) is 6.20 Å². The number of hydrogen-bond acceptors (Lipinski definition) is 5. The number of halogens is 2. The predicted octanol–water partition coefficient (Wildman–Crippen LogP) is 0.892. The Hall–Kier alpha value is -0.810. The Kier molecular flexibility index (Phi) is 3.58. The summed E-state index contributed by atoms with van der Waals surface area (Å²) in [5.41, 5.74) is 0.367. The van der Waals surface area contributed by atoms with Crippen LogP contribution in [-0.2, 0) is 4.74 Å². The standard InChI is InChI=1S/C8H9FIN3O4/c9-1-4-6(14)5(10)7(17-4)3-2-11-8(12-3)13(15)16/h2,4-7,14H,1H2,(H,11,12)/t4-,5-,6-,7+/m1/s1. The van der Waals surface area contributed by atoms with Crippen molar-refractivity contribution < 1.29 is 19.2 Å². The summed E-state index contributed by atoms with van der Waals surface area (Å²) in [6.45, 7) is -0.798. The Bertz CT molecular complexity index is 429. The average Bonchev–Trinajstić information content (AvgIpc) is 2.87. The highest BCUT2D eigenvalue weighted by molar-refractivity contribution is 14.1. The maximum absolute atomic E-state index is 12.5. The van der Waals surface area contributed by atoms with E-state index in [0.717, 1.165) is 0 Å². The molecule has 1 aliphatic rings. The molecule has 4 atom stereocenters. The van der Waals surface area contributed by atoms with Gasteiger partial charge < -0.3 is 20.0 Å². The molecule has 2 N–H and O–H groups in total. The second-order valence-electron chi connectivity index (χ2n) is 3.60. The monoisotopic (exact) mass is 357 g/mol. The first kappa shape index (κ1) is 12.6. The number of aliphatic hydroxyl groups is 1. The number of nitrogens with one attached hydrogen (secondary N) is 1. The molecule has 1 fully saturated rings. The van der Waals surface area contributed by atoms with Gasteiger partial charge in [0.05, 0.1) is 10.0 Å².